The summed E-state index contributed by atoms with van der Waals surface area (Å²) in [5.41, 5.74) is 9.91. The van der Waals surface area contributed by atoms with Crippen molar-refractivity contribution in [1.29, 1.82) is 0 Å². The van der Waals surface area contributed by atoms with Gasteiger partial charge in [-0.2, -0.15) is 0 Å². The highest BCUT2D eigenvalue weighted by atomic mass is 127. The molecule has 1 aromatic heterocycles. The van der Waals surface area contributed by atoms with E-state index in [4.69, 9.17) is 5.73 Å². The van der Waals surface area contributed by atoms with E-state index >= 15 is 0 Å². The van der Waals surface area contributed by atoms with Gasteiger partial charge < -0.3 is 11.1 Å². The summed E-state index contributed by atoms with van der Waals surface area (Å²) in [6, 6.07) is 6.36. The molecule has 1 aliphatic carbocycles. The van der Waals surface area contributed by atoms with E-state index in [1.807, 2.05) is 6.26 Å². The van der Waals surface area contributed by atoms with Crippen LogP contribution in [0.5, 0.6) is 0 Å². The number of hydrogen-bond donors (Lipinski definition) is 2. The summed E-state index contributed by atoms with van der Waals surface area (Å²) in [5.74, 6) is 0.430. The second kappa shape index (κ2) is 8.84. The number of nitrogens with zero attached hydrogens (tertiary/aromatic N) is 3. The molecule has 0 radical (unpaired) electrons. The Balaban J connectivity index is 0.00000192. The molecule has 0 bridgehead atoms. The van der Waals surface area contributed by atoms with Crippen LogP contribution in [0, 0.1) is 0 Å². The van der Waals surface area contributed by atoms with Gasteiger partial charge in [-0.1, -0.05) is 35.2 Å². The average Bonchev–Trinajstić information content (AvgIpc) is 3.01. The van der Waals surface area contributed by atoms with Crippen LogP contribution in [-0.4, -0.2) is 22.4 Å². The van der Waals surface area contributed by atoms with Crippen LogP contribution >= 0.6 is 47.1 Å². The van der Waals surface area contributed by atoms with Crippen LogP contribution in [0.4, 0.5) is 5.69 Å². The van der Waals surface area contributed by atoms with Gasteiger partial charge in [0.15, 0.2) is 10.3 Å². The Morgan fingerprint density at radius 2 is 2.17 bits per heavy atom. The maximum Gasteiger partial charge on any atom is 0.193 e. The zero-order valence-corrected chi connectivity index (χ0v) is 16.9. The standard InChI is InChI=1S/C15H19N5S2.HI/c1-21-15-20-19-13(22-15)9-17-14(16)18-12-8-4-6-10-5-2-3-7-11(10)12;/h4,6,8H,2-3,5,7,9H2,1H3,(H3,16,17,18);1H. The van der Waals surface area contributed by atoms with Gasteiger partial charge in [0, 0.05) is 5.69 Å². The number of anilines is 1. The summed E-state index contributed by atoms with van der Waals surface area (Å²) in [5, 5.41) is 12.3. The van der Waals surface area contributed by atoms with Gasteiger partial charge in [0.05, 0.1) is 6.54 Å². The average molecular weight is 461 g/mol. The van der Waals surface area contributed by atoms with Gasteiger partial charge in [0.2, 0.25) is 0 Å². The topological polar surface area (TPSA) is 76.2 Å². The Labute approximate surface area is 161 Å². The highest BCUT2D eigenvalue weighted by molar-refractivity contribution is 14.0. The quantitative estimate of drug-likeness (QED) is 0.315. The van der Waals surface area contributed by atoms with Crippen LogP contribution in [-0.2, 0) is 19.4 Å². The van der Waals surface area contributed by atoms with E-state index in [0.29, 0.717) is 12.5 Å². The van der Waals surface area contributed by atoms with Crippen LogP contribution < -0.4 is 11.1 Å². The fourth-order valence-electron chi connectivity index (χ4n) is 2.61. The molecule has 1 aliphatic rings. The Hall–Kier alpha value is -0.870. The Morgan fingerprint density at radius 1 is 1.35 bits per heavy atom. The molecular formula is C15H20IN5S2. The first-order valence-electron chi connectivity index (χ1n) is 7.30. The molecule has 5 nitrogen and oxygen atoms in total. The van der Waals surface area contributed by atoms with Gasteiger partial charge in [-0.25, -0.2) is 4.99 Å². The zero-order valence-electron chi connectivity index (χ0n) is 12.9. The molecule has 0 saturated heterocycles. The first-order chi connectivity index (χ1) is 10.8. The van der Waals surface area contributed by atoms with Crippen LogP contribution in [0.25, 0.3) is 0 Å². The van der Waals surface area contributed by atoms with Gasteiger partial charge in [-0.3, -0.25) is 0 Å². The number of rotatable bonds is 4. The number of aryl methyl sites for hydroxylation is 1. The van der Waals surface area contributed by atoms with Crippen molar-refractivity contribution in [3.05, 3.63) is 34.3 Å². The summed E-state index contributed by atoms with van der Waals surface area (Å²) in [7, 11) is 0. The lowest BCUT2D eigenvalue weighted by molar-refractivity contribution is 0.687. The van der Waals surface area contributed by atoms with E-state index in [9.17, 15) is 0 Å². The molecule has 0 aliphatic heterocycles. The summed E-state index contributed by atoms with van der Waals surface area (Å²) in [4.78, 5) is 4.37. The first-order valence-corrected chi connectivity index (χ1v) is 9.34. The van der Waals surface area contributed by atoms with Crippen molar-refractivity contribution in [3.8, 4) is 0 Å². The van der Waals surface area contributed by atoms with Crippen LogP contribution in [0.15, 0.2) is 27.5 Å². The van der Waals surface area contributed by atoms with Gasteiger partial charge in [-0.15, -0.1) is 34.2 Å². The van der Waals surface area contributed by atoms with Gasteiger partial charge in [0.1, 0.15) is 5.01 Å². The normalized spacial score (nSPS) is 14.0. The molecule has 1 heterocycles. The minimum Gasteiger partial charge on any atom is -0.370 e. The summed E-state index contributed by atoms with van der Waals surface area (Å²) in [6.07, 6.45) is 6.77. The molecule has 3 N–H and O–H groups in total. The second-order valence-corrected chi connectivity index (χ2v) is 7.26. The van der Waals surface area contributed by atoms with Crippen LogP contribution in [0.3, 0.4) is 0 Å². The summed E-state index contributed by atoms with van der Waals surface area (Å²) in [6.45, 7) is 0.464. The molecule has 3 rings (SSSR count). The molecule has 8 heteroatoms. The predicted octanol–water partition coefficient (Wildman–Crippen LogP) is 3.68. The van der Waals surface area contributed by atoms with E-state index in [-0.39, 0.29) is 24.0 Å². The van der Waals surface area contributed by atoms with Crippen LogP contribution in [0.2, 0.25) is 0 Å². The fraction of sp³-hybridized carbons (Fsp3) is 0.400. The van der Waals surface area contributed by atoms with Crippen molar-refractivity contribution in [3.63, 3.8) is 0 Å². The van der Waals surface area contributed by atoms with Crippen molar-refractivity contribution in [2.24, 2.45) is 10.7 Å². The number of nitrogens with one attached hydrogen (secondary N) is 1. The minimum absolute atomic E-state index is 0. The number of thioether (sulfide) groups is 1. The Morgan fingerprint density at radius 3 is 2.96 bits per heavy atom. The number of aliphatic imine (C=N–C) groups is 1. The third-order valence-corrected chi connectivity index (χ3v) is 5.55. The number of fused-ring (bicyclic) bond motifs is 1. The van der Waals surface area contributed by atoms with Crippen LogP contribution in [0.1, 0.15) is 29.0 Å². The minimum atomic E-state index is 0. The monoisotopic (exact) mass is 461 g/mol. The lowest BCUT2D eigenvalue weighted by Gasteiger charge is -2.19. The van der Waals surface area contributed by atoms with E-state index in [0.717, 1.165) is 27.9 Å². The number of halogens is 1. The molecule has 23 heavy (non-hydrogen) atoms. The molecule has 2 aromatic rings. The molecule has 0 unspecified atom stereocenters. The largest absolute Gasteiger partial charge is 0.370 e. The predicted molar refractivity (Wildman–Crippen MR) is 109 cm³/mol. The fourth-order valence-corrected chi connectivity index (χ4v) is 3.85. The zero-order chi connectivity index (χ0) is 15.4. The third kappa shape index (κ3) is 4.80. The van der Waals surface area contributed by atoms with Gasteiger partial charge >= 0.3 is 0 Å². The third-order valence-electron chi connectivity index (χ3n) is 3.67. The van der Waals surface area contributed by atoms with E-state index in [1.165, 1.54) is 24.0 Å². The van der Waals surface area contributed by atoms with E-state index in [1.54, 1.807) is 23.1 Å². The molecule has 0 amide bonds. The maximum atomic E-state index is 6.02. The lowest BCUT2D eigenvalue weighted by Crippen LogP contribution is -2.24. The molecule has 0 saturated carbocycles. The van der Waals surface area contributed by atoms with Crippen molar-refractivity contribution in [2.45, 2.75) is 36.6 Å². The van der Waals surface area contributed by atoms with Crippen molar-refractivity contribution in [2.75, 3.05) is 11.6 Å². The van der Waals surface area contributed by atoms with Crippen molar-refractivity contribution < 1.29 is 0 Å². The van der Waals surface area contributed by atoms with E-state index < -0.39 is 0 Å². The molecular weight excluding hydrogens is 441 g/mol. The van der Waals surface area contributed by atoms with Crippen molar-refractivity contribution in [1.82, 2.24) is 10.2 Å². The SMILES string of the molecule is CSc1nnc(CN=C(N)Nc2cccc3c2CCCC3)s1.I. The Kier molecular flexibility index (Phi) is 7.09. The number of aromatic nitrogens is 2. The molecule has 0 atom stereocenters. The lowest BCUT2D eigenvalue weighted by atomic mass is 9.90. The smallest absolute Gasteiger partial charge is 0.193 e. The number of benzene rings is 1. The molecule has 124 valence electrons. The summed E-state index contributed by atoms with van der Waals surface area (Å²) >= 11 is 3.15. The number of nitrogens with two attached hydrogens (primary N) is 1. The molecule has 0 spiro atoms. The van der Waals surface area contributed by atoms with Gasteiger partial charge in [0.25, 0.3) is 0 Å². The molecule has 1 aromatic carbocycles. The number of hydrogen-bond acceptors (Lipinski definition) is 5. The first kappa shape index (κ1) is 18.5. The second-order valence-electron chi connectivity index (χ2n) is 5.14. The highest BCUT2D eigenvalue weighted by Gasteiger charge is 2.13. The highest BCUT2D eigenvalue weighted by Crippen LogP contribution is 2.27. The molecule has 0 fully saturated rings. The Bertz CT molecular complexity index is 686. The van der Waals surface area contributed by atoms with Gasteiger partial charge in [-0.05, 0) is 49.1 Å². The summed E-state index contributed by atoms with van der Waals surface area (Å²) < 4.78 is 0.953. The van der Waals surface area contributed by atoms with E-state index in [2.05, 4.69) is 38.7 Å². The maximum absolute atomic E-state index is 6.02. The van der Waals surface area contributed by atoms with Crippen molar-refractivity contribution >= 4 is 58.7 Å². The number of guanidine groups is 1.